The second-order valence-corrected chi connectivity index (χ2v) is 7.31. The number of H-pyrrole nitrogens is 1. The number of aromatic amines is 1. The van der Waals surface area contributed by atoms with Crippen molar-refractivity contribution in [1.82, 2.24) is 25.1 Å². The molecule has 2 atom stereocenters. The fourth-order valence-electron chi connectivity index (χ4n) is 2.72. The summed E-state index contributed by atoms with van der Waals surface area (Å²) in [5, 5.41) is 17.6. The van der Waals surface area contributed by atoms with Gasteiger partial charge in [-0.25, -0.2) is 15.1 Å². The average Bonchev–Trinajstić information content (AvgIpc) is 2.86. The summed E-state index contributed by atoms with van der Waals surface area (Å²) in [5.74, 6) is -3.13. The number of hydrogen-bond acceptors (Lipinski definition) is 9. The number of anilines is 2. The molecule has 3 N–H and O–H groups in total. The lowest BCUT2D eigenvalue weighted by molar-refractivity contribution is -0.144. The second-order valence-electron chi connectivity index (χ2n) is 7.31. The predicted molar refractivity (Wildman–Crippen MR) is 116 cm³/mol. The van der Waals surface area contributed by atoms with Crippen LogP contribution in [0.5, 0.6) is 0 Å². The summed E-state index contributed by atoms with van der Waals surface area (Å²) in [6.45, 7) is -15.7. The van der Waals surface area contributed by atoms with Crippen molar-refractivity contribution < 1.29 is 51.9 Å². The smallest absolute Gasteiger partial charge is 0.381 e. The Labute approximate surface area is 216 Å². The molecule has 0 bridgehead atoms. The van der Waals surface area contributed by atoms with Gasteiger partial charge in [0, 0.05) is 44.4 Å². The zero-order valence-corrected chi connectivity index (χ0v) is 18.5. The normalized spacial score (nSPS) is 25.1. The van der Waals surface area contributed by atoms with Gasteiger partial charge in [0.25, 0.3) is 11.5 Å². The zero-order valence-electron chi connectivity index (χ0n) is 26.5. The Morgan fingerprint density at radius 3 is 2.32 bits per heavy atom. The molecule has 2 aromatic rings. The minimum atomic E-state index is -5.07. The van der Waals surface area contributed by atoms with Gasteiger partial charge in [-0.3, -0.25) is 9.59 Å². The average molecular weight is 547 g/mol. The summed E-state index contributed by atoms with van der Waals surface area (Å²) >= 11 is 0. The predicted octanol–water partition coefficient (Wildman–Crippen LogP) is 1.12. The number of ether oxygens (including phenoxy) is 1. The molecule has 3 heterocycles. The molecule has 1 saturated heterocycles. The maximum absolute atomic E-state index is 13.2. The summed E-state index contributed by atoms with van der Waals surface area (Å²) in [6.07, 6.45) is -11.6. The van der Waals surface area contributed by atoms with E-state index in [1.807, 2.05) is 0 Å². The number of aromatic nitrogens is 4. The molecule has 0 aromatic carbocycles. The van der Waals surface area contributed by atoms with Gasteiger partial charge in [-0.15, -0.1) is 0 Å². The number of aliphatic hydroxyl groups excluding tert-OH is 1. The fourth-order valence-corrected chi connectivity index (χ4v) is 2.72. The highest BCUT2D eigenvalue weighted by atomic mass is 19.4. The Bertz CT molecular complexity index is 1430. The van der Waals surface area contributed by atoms with Crippen LogP contribution in [0.2, 0.25) is 0 Å². The molecular formula is C20H23F6N7O4. The first-order valence-corrected chi connectivity index (χ1v) is 10.0. The van der Waals surface area contributed by atoms with E-state index in [0.717, 1.165) is 0 Å². The van der Waals surface area contributed by atoms with Gasteiger partial charge in [-0.05, 0) is 6.92 Å². The Balaban J connectivity index is 1.81. The Morgan fingerprint density at radius 2 is 1.76 bits per heavy atom. The summed E-state index contributed by atoms with van der Waals surface area (Å²) in [4.78, 5) is 30.3. The molecule has 1 aliphatic heterocycles. The van der Waals surface area contributed by atoms with Crippen LogP contribution in [0, 0.1) is 0 Å². The summed E-state index contributed by atoms with van der Waals surface area (Å²) in [6, 6.07) is -1.05. The Morgan fingerprint density at radius 1 is 1.14 bits per heavy atom. The summed E-state index contributed by atoms with van der Waals surface area (Å²) in [5.41, 5.74) is -5.32. The monoisotopic (exact) mass is 547 g/mol. The molecular weight excluding hydrogens is 516 g/mol. The highest BCUT2D eigenvalue weighted by Gasteiger charge is 2.37. The van der Waals surface area contributed by atoms with E-state index in [9.17, 15) is 41.0 Å². The number of hydrogen-bond donors (Lipinski definition) is 3. The van der Waals surface area contributed by atoms with Crippen LogP contribution in [0.25, 0.3) is 0 Å². The number of nitrogens with zero attached hydrogens (tertiary/aromatic N) is 5. The van der Waals surface area contributed by atoms with Gasteiger partial charge in [-0.1, -0.05) is 0 Å². The second kappa shape index (κ2) is 11.3. The molecule has 0 spiro atoms. The SMILES string of the molecule is [2H]C1([2H])N(C(=O)[C@H](O)COC[C@H](C)Nc2cn[nH]c(=O)c2C(F)(F)F)C([2H])([2H])C([2H])([2H])N(c2ncc(C(F)(F)F)cn2)C1([2H])[2H]. The van der Waals surface area contributed by atoms with Crippen molar-refractivity contribution in [3.8, 4) is 0 Å². The van der Waals surface area contributed by atoms with Crippen LogP contribution in [0.3, 0.4) is 0 Å². The molecule has 1 amide bonds. The van der Waals surface area contributed by atoms with Crippen LogP contribution in [-0.2, 0) is 21.9 Å². The van der Waals surface area contributed by atoms with Crippen molar-refractivity contribution in [3.63, 3.8) is 0 Å². The van der Waals surface area contributed by atoms with Crippen LogP contribution in [0.4, 0.5) is 38.0 Å². The van der Waals surface area contributed by atoms with Gasteiger partial charge in [0.2, 0.25) is 5.95 Å². The van der Waals surface area contributed by atoms with Crippen molar-refractivity contribution >= 4 is 17.5 Å². The van der Waals surface area contributed by atoms with Gasteiger partial charge in [0.05, 0.1) is 41.6 Å². The van der Waals surface area contributed by atoms with E-state index in [0.29, 0.717) is 6.20 Å². The molecule has 2 aromatic heterocycles. The van der Waals surface area contributed by atoms with E-state index in [1.54, 1.807) is 5.10 Å². The number of carbonyl (C=O) groups excluding carboxylic acids is 1. The number of amides is 1. The van der Waals surface area contributed by atoms with Crippen LogP contribution in [0.15, 0.2) is 23.4 Å². The van der Waals surface area contributed by atoms with Gasteiger partial charge in [0.1, 0.15) is 5.56 Å². The van der Waals surface area contributed by atoms with Crippen LogP contribution in [-0.4, -0.2) is 87.4 Å². The van der Waals surface area contributed by atoms with Crippen LogP contribution < -0.4 is 15.8 Å². The molecule has 0 unspecified atom stereocenters. The molecule has 1 fully saturated rings. The number of piperazine rings is 1. The highest BCUT2D eigenvalue weighted by Crippen LogP contribution is 2.31. The first-order valence-electron chi connectivity index (χ1n) is 14.0. The van der Waals surface area contributed by atoms with E-state index < -0.39 is 103 Å². The minimum absolute atomic E-state index is 0.129. The molecule has 1 aliphatic rings. The zero-order chi connectivity index (χ0) is 34.6. The Kier molecular flexibility index (Phi) is 5.71. The van der Waals surface area contributed by atoms with Crippen molar-refractivity contribution in [2.24, 2.45) is 0 Å². The molecule has 0 saturated carbocycles. The van der Waals surface area contributed by atoms with E-state index in [4.69, 9.17) is 15.7 Å². The fraction of sp³-hybridized carbons (Fsp3) is 0.550. The lowest BCUT2D eigenvalue weighted by atomic mass is 10.2. The summed E-state index contributed by atoms with van der Waals surface area (Å²) in [7, 11) is 0. The maximum Gasteiger partial charge on any atom is 0.423 e. The van der Waals surface area contributed by atoms with Crippen molar-refractivity contribution in [1.29, 1.82) is 0 Å². The highest BCUT2D eigenvalue weighted by molar-refractivity contribution is 5.81. The number of nitrogens with one attached hydrogen (secondary N) is 2. The van der Waals surface area contributed by atoms with Gasteiger partial charge >= 0.3 is 12.4 Å². The topological polar surface area (TPSA) is 137 Å². The third-order valence-electron chi connectivity index (χ3n) is 4.40. The van der Waals surface area contributed by atoms with Crippen LogP contribution >= 0.6 is 0 Å². The number of carbonyl (C=O) groups is 1. The number of halogens is 6. The quantitative estimate of drug-likeness (QED) is 0.416. The van der Waals surface area contributed by atoms with Crippen molar-refractivity contribution in [2.45, 2.75) is 31.4 Å². The van der Waals surface area contributed by atoms with Gasteiger partial charge in [0.15, 0.2) is 6.10 Å². The van der Waals surface area contributed by atoms with E-state index in [-0.39, 0.29) is 17.3 Å². The van der Waals surface area contributed by atoms with Crippen molar-refractivity contribution in [3.05, 3.63) is 40.1 Å². The van der Waals surface area contributed by atoms with E-state index in [1.165, 1.54) is 6.92 Å². The van der Waals surface area contributed by atoms with E-state index >= 15 is 0 Å². The van der Waals surface area contributed by atoms with E-state index in [2.05, 4.69) is 20.4 Å². The van der Waals surface area contributed by atoms with Crippen molar-refractivity contribution in [2.75, 3.05) is 49.4 Å². The largest absolute Gasteiger partial charge is 0.423 e. The van der Waals surface area contributed by atoms with Gasteiger partial charge in [-0.2, -0.15) is 31.4 Å². The first kappa shape index (κ1) is 18.7. The first-order chi connectivity index (χ1) is 20.3. The standard InChI is InChI=1S/C20H23F6N7O4/c1-11(30-13-8-29-31-16(35)15(13)20(24,25)26)9-37-10-14(34)17(36)32-2-4-33(5-3-32)18-27-6-12(7-28-18)19(21,22)23/h6-8,11,14,34H,2-5,9-10H2,1H3,(H2,30,31,35)/t11-,14+/m0/s1/i2D2,3D2,4D2,5D2. The molecule has 3 rings (SSSR count). The Hall–Kier alpha value is -3.47. The maximum atomic E-state index is 13.2. The number of alkyl halides is 6. The lowest BCUT2D eigenvalue weighted by Gasteiger charge is -2.35. The molecule has 37 heavy (non-hydrogen) atoms. The third kappa shape index (κ3) is 7.28. The van der Waals surface area contributed by atoms with Crippen LogP contribution in [0.1, 0.15) is 29.0 Å². The molecule has 11 nitrogen and oxygen atoms in total. The molecule has 0 radical (unpaired) electrons. The van der Waals surface area contributed by atoms with Gasteiger partial charge < -0.3 is 25.0 Å². The number of rotatable bonds is 8. The number of aliphatic hydroxyl groups is 1. The lowest BCUT2D eigenvalue weighted by Crippen LogP contribution is -2.52. The third-order valence-corrected chi connectivity index (χ3v) is 4.40. The minimum Gasteiger partial charge on any atom is -0.381 e. The molecule has 17 heteroatoms. The molecule has 204 valence electrons. The molecule has 0 aliphatic carbocycles. The summed E-state index contributed by atoms with van der Waals surface area (Å²) < 4.78 is 150.